The van der Waals surface area contributed by atoms with Gasteiger partial charge in [-0.05, 0) is 37.6 Å². The SMILES string of the molecule is CCNC(=O)c1noc(-c2ccc(N)cc2C)n1. The summed E-state index contributed by atoms with van der Waals surface area (Å²) in [5.41, 5.74) is 8.02. The number of hydrogen-bond donors (Lipinski definition) is 2. The highest BCUT2D eigenvalue weighted by Gasteiger charge is 2.15. The number of amides is 1. The van der Waals surface area contributed by atoms with Gasteiger partial charge in [0.05, 0.1) is 0 Å². The molecule has 18 heavy (non-hydrogen) atoms. The molecule has 0 unspecified atom stereocenters. The van der Waals surface area contributed by atoms with Crippen molar-refractivity contribution in [3.05, 3.63) is 29.6 Å². The first-order chi connectivity index (χ1) is 8.61. The maximum Gasteiger partial charge on any atom is 0.292 e. The van der Waals surface area contributed by atoms with Crippen molar-refractivity contribution in [1.29, 1.82) is 0 Å². The molecule has 0 aliphatic heterocycles. The summed E-state index contributed by atoms with van der Waals surface area (Å²) in [5, 5.41) is 6.25. The molecule has 3 N–H and O–H groups in total. The average molecular weight is 246 g/mol. The molecule has 1 amide bonds. The molecule has 0 radical (unpaired) electrons. The highest BCUT2D eigenvalue weighted by Crippen LogP contribution is 2.23. The monoisotopic (exact) mass is 246 g/mol. The summed E-state index contributed by atoms with van der Waals surface area (Å²) in [7, 11) is 0. The molecule has 1 aromatic carbocycles. The lowest BCUT2D eigenvalue weighted by Crippen LogP contribution is -2.23. The van der Waals surface area contributed by atoms with Gasteiger partial charge in [-0.25, -0.2) is 0 Å². The third-order valence-corrected chi connectivity index (χ3v) is 2.45. The maximum atomic E-state index is 11.5. The van der Waals surface area contributed by atoms with E-state index in [0.717, 1.165) is 11.1 Å². The van der Waals surface area contributed by atoms with E-state index >= 15 is 0 Å². The number of aromatic nitrogens is 2. The molecule has 0 saturated heterocycles. The first-order valence-corrected chi connectivity index (χ1v) is 5.60. The van der Waals surface area contributed by atoms with Crippen LogP contribution in [0.4, 0.5) is 5.69 Å². The van der Waals surface area contributed by atoms with E-state index in [9.17, 15) is 4.79 Å². The van der Waals surface area contributed by atoms with E-state index in [2.05, 4.69) is 15.5 Å². The summed E-state index contributed by atoms with van der Waals surface area (Å²) in [6.45, 7) is 4.23. The van der Waals surface area contributed by atoms with Crippen molar-refractivity contribution in [1.82, 2.24) is 15.5 Å². The fourth-order valence-electron chi connectivity index (χ4n) is 1.59. The van der Waals surface area contributed by atoms with E-state index in [-0.39, 0.29) is 11.7 Å². The van der Waals surface area contributed by atoms with Crippen LogP contribution < -0.4 is 11.1 Å². The Morgan fingerprint density at radius 3 is 2.94 bits per heavy atom. The lowest BCUT2D eigenvalue weighted by molar-refractivity contribution is 0.0942. The van der Waals surface area contributed by atoms with Gasteiger partial charge in [0.1, 0.15) is 0 Å². The molecule has 0 aliphatic carbocycles. The topological polar surface area (TPSA) is 94.0 Å². The van der Waals surface area contributed by atoms with Gasteiger partial charge < -0.3 is 15.6 Å². The summed E-state index contributed by atoms with van der Waals surface area (Å²) in [6.07, 6.45) is 0. The number of nitrogens with zero attached hydrogens (tertiary/aromatic N) is 2. The van der Waals surface area contributed by atoms with Crippen molar-refractivity contribution in [2.75, 3.05) is 12.3 Å². The van der Waals surface area contributed by atoms with Crippen LogP contribution in [0.1, 0.15) is 23.1 Å². The fourth-order valence-corrected chi connectivity index (χ4v) is 1.59. The van der Waals surface area contributed by atoms with Crippen LogP contribution in [0.2, 0.25) is 0 Å². The Morgan fingerprint density at radius 1 is 1.50 bits per heavy atom. The van der Waals surface area contributed by atoms with Gasteiger partial charge in [0.25, 0.3) is 17.6 Å². The second-order valence-electron chi connectivity index (χ2n) is 3.86. The zero-order chi connectivity index (χ0) is 13.1. The zero-order valence-electron chi connectivity index (χ0n) is 10.2. The number of anilines is 1. The Morgan fingerprint density at radius 2 is 2.28 bits per heavy atom. The van der Waals surface area contributed by atoms with E-state index < -0.39 is 0 Å². The number of carbonyl (C=O) groups excluding carboxylic acids is 1. The van der Waals surface area contributed by atoms with Gasteiger partial charge in [-0.1, -0.05) is 5.16 Å². The van der Waals surface area contributed by atoms with Gasteiger partial charge in [-0.2, -0.15) is 4.98 Å². The van der Waals surface area contributed by atoms with Gasteiger partial charge in [0.2, 0.25) is 0 Å². The van der Waals surface area contributed by atoms with Gasteiger partial charge in [-0.3, -0.25) is 4.79 Å². The zero-order valence-corrected chi connectivity index (χ0v) is 10.2. The Kier molecular flexibility index (Phi) is 3.27. The van der Waals surface area contributed by atoms with E-state index in [1.54, 1.807) is 12.1 Å². The van der Waals surface area contributed by atoms with Gasteiger partial charge in [0.15, 0.2) is 0 Å². The van der Waals surface area contributed by atoms with Crippen LogP contribution in [0.25, 0.3) is 11.5 Å². The number of rotatable bonds is 3. The molecule has 94 valence electrons. The van der Waals surface area contributed by atoms with E-state index in [0.29, 0.717) is 18.1 Å². The minimum Gasteiger partial charge on any atom is -0.399 e. The second-order valence-corrected chi connectivity index (χ2v) is 3.86. The smallest absolute Gasteiger partial charge is 0.292 e. The molecule has 0 bridgehead atoms. The molecular weight excluding hydrogens is 232 g/mol. The maximum absolute atomic E-state index is 11.5. The Hall–Kier alpha value is -2.37. The average Bonchev–Trinajstić information content (AvgIpc) is 2.78. The van der Waals surface area contributed by atoms with E-state index in [1.807, 2.05) is 19.9 Å². The van der Waals surface area contributed by atoms with Crippen LogP contribution in [0.5, 0.6) is 0 Å². The van der Waals surface area contributed by atoms with Gasteiger partial charge in [-0.15, -0.1) is 0 Å². The van der Waals surface area contributed by atoms with Gasteiger partial charge in [0, 0.05) is 17.8 Å². The molecule has 0 saturated carbocycles. The molecule has 0 aliphatic rings. The fraction of sp³-hybridized carbons (Fsp3) is 0.250. The quantitative estimate of drug-likeness (QED) is 0.798. The molecule has 0 fully saturated rings. The summed E-state index contributed by atoms with van der Waals surface area (Å²) in [5.74, 6) is -0.00238. The largest absolute Gasteiger partial charge is 0.399 e. The third-order valence-electron chi connectivity index (χ3n) is 2.45. The Bertz CT molecular complexity index is 577. The Balaban J connectivity index is 2.32. The van der Waals surface area contributed by atoms with Crippen molar-refractivity contribution < 1.29 is 9.32 Å². The lowest BCUT2D eigenvalue weighted by Gasteiger charge is -2.01. The molecule has 6 nitrogen and oxygen atoms in total. The predicted molar refractivity (Wildman–Crippen MR) is 66.9 cm³/mol. The molecule has 2 aromatic rings. The molecular formula is C12H14N4O2. The number of nitrogen functional groups attached to an aromatic ring is 1. The number of aryl methyl sites for hydroxylation is 1. The summed E-state index contributed by atoms with van der Waals surface area (Å²) < 4.78 is 5.08. The minimum absolute atomic E-state index is 0.0306. The molecule has 6 heteroatoms. The van der Waals surface area contributed by atoms with E-state index in [1.165, 1.54) is 0 Å². The van der Waals surface area contributed by atoms with Gasteiger partial charge >= 0.3 is 0 Å². The highest BCUT2D eigenvalue weighted by molar-refractivity contribution is 5.90. The van der Waals surface area contributed by atoms with Crippen molar-refractivity contribution in [3.63, 3.8) is 0 Å². The summed E-state index contributed by atoms with van der Waals surface area (Å²) >= 11 is 0. The Labute approximate surface area is 104 Å². The van der Waals surface area contributed by atoms with Crippen molar-refractivity contribution >= 4 is 11.6 Å². The number of nitrogens with one attached hydrogen (secondary N) is 1. The van der Waals surface area contributed by atoms with Crippen LogP contribution in [0.3, 0.4) is 0 Å². The van der Waals surface area contributed by atoms with Crippen molar-refractivity contribution in [2.45, 2.75) is 13.8 Å². The highest BCUT2D eigenvalue weighted by atomic mass is 16.5. The van der Waals surface area contributed by atoms with Crippen LogP contribution in [-0.2, 0) is 0 Å². The van der Waals surface area contributed by atoms with E-state index in [4.69, 9.17) is 10.3 Å². The number of hydrogen-bond acceptors (Lipinski definition) is 5. The molecule has 1 aromatic heterocycles. The minimum atomic E-state index is -0.347. The number of benzene rings is 1. The second kappa shape index (κ2) is 4.87. The van der Waals surface area contributed by atoms with Crippen molar-refractivity contribution in [2.24, 2.45) is 0 Å². The normalized spacial score (nSPS) is 10.3. The molecule has 0 spiro atoms. The summed E-state index contributed by atoms with van der Waals surface area (Å²) in [4.78, 5) is 15.6. The van der Waals surface area contributed by atoms with Crippen molar-refractivity contribution in [3.8, 4) is 11.5 Å². The van der Waals surface area contributed by atoms with Crippen LogP contribution in [0, 0.1) is 6.92 Å². The third kappa shape index (κ3) is 2.32. The molecule has 0 atom stereocenters. The standard InChI is InChI=1S/C12H14N4O2/c1-3-14-11(17)10-15-12(18-16-10)9-5-4-8(13)6-7(9)2/h4-6H,3,13H2,1-2H3,(H,14,17). The van der Waals surface area contributed by atoms with Crippen LogP contribution in [-0.4, -0.2) is 22.6 Å². The molecule has 2 rings (SSSR count). The van der Waals surface area contributed by atoms with Crippen LogP contribution in [0.15, 0.2) is 22.7 Å². The molecule has 1 heterocycles. The predicted octanol–water partition coefficient (Wildman–Crippen LogP) is 1.38. The first kappa shape index (κ1) is 12.1. The number of nitrogens with two attached hydrogens (primary N) is 1. The summed E-state index contributed by atoms with van der Waals surface area (Å²) in [6, 6.07) is 5.35. The van der Waals surface area contributed by atoms with Crippen LogP contribution >= 0.6 is 0 Å². The lowest BCUT2D eigenvalue weighted by atomic mass is 10.1. The number of carbonyl (C=O) groups is 1. The first-order valence-electron chi connectivity index (χ1n) is 5.60.